The zero-order chi connectivity index (χ0) is 47.2. The van der Waals surface area contributed by atoms with Crippen molar-refractivity contribution in [3.05, 3.63) is 85.1 Å². The van der Waals surface area contributed by atoms with Crippen LogP contribution in [-0.4, -0.2) is 37.2 Å². The predicted octanol–water partition coefficient (Wildman–Crippen LogP) is 18.0. The topological polar surface area (TPSA) is 78.9 Å². The van der Waals surface area contributed by atoms with Gasteiger partial charge in [-0.1, -0.05) is 221 Å². The quantitative estimate of drug-likeness (QED) is 0.0262. The van der Waals surface area contributed by atoms with Crippen LogP contribution in [0.3, 0.4) is 0 Å². The highest BCUT2D eigenvalue weighted by atomic mass is 16.6. The van der Waals surface area contributed by atoms with Crippen molar-refractivity contribution in [2.75, 3.05) is 13.2 Å². The van der Waals surface area contributed by atoms with Crippen molar-refractivity contribution in [2.45, 2.75) is 258 Å². The molecule has 0 heterocycles. The molecule has 65 heavy (non-hydrogen) atoms. The molecule has 0 saturated heterocycles. The van der Waals surface area contributed by atoms with E-state index in [2.05, 4.69) is 106 Å². The largest absolute Gasteiger partial charge is 0.462 e. The molecule has 0 N–H and O–H groups in total. The third kappa shape index (κ3) is 51.4. The zero-order valence-electron chi connectivity index (χ0n) is 42.5. The maximum absolute atomic E-state index is 12.7. The molecule has 0 rings (SSSR count). The number of rotatable bonds is 48. The number of hydrogen-bond donors (Lipinski definition) is 0. The smallest absolute Gasteiger partial charge is 0.306 e. The van der Waals surface area contributed by atoms with Gasteiger partial charge in [0.15, 0.2) is 6.10 Å². The molecule has 372 valence electrons. The monoisotopic (exact) mass is 905 g/mol. The van der Waals surface area contributed by atoms with Crippen molar-refractivity contribution >= 4 is 17.9 Å². The van der Waals surface area contributed by atoms with E-state index in [1.165, 1.54) is 89.9 Å². The Morgan fingerprint density at radius 1 is 0.323 bits per heavy atom. The Morgan fingerprint density at radius 2 is 0.600 bits per heavy atom. The van der Waals surface area contributed by atoms with Gasteiger partial charge in [0, 0.05) is 19.3 Å². The average molecular weight is 905 g/mol. The molecule has 0 radical (unpaired) electrons. The maximum atomic E-state index is 12.7. The molecule has 0 aromatic rings. The first-order valence-electron chi connectivity index (χ1n) is 27.1. The van der Waals surface area contributed by atoms with Crippen LogP contribution in [0.2, 0.25) is 0 Å². The van der Waals surface area contributed by atoms with Crippen LogP contribution in [0.5, 0.6) is 0 Å². The van der Waals surface area contributed by atoms with E-state index in [9.17, 15) is 14.4 Å². The maximum Gasteiger partial charge on any atom is 0.306 e. The summed E-state index contributed by atoms with van der Waals surface area (Å²) in [6.07, 6.45) is 69.0. The molecule has 0 bridgehead atoms. The summed E-state index contributed by atoms with van der Waals surface area (Å²) in [5, 5.41) is 0. The Morgan fingerprint density at radius 3 is 0.969 bits per heavy atom. The van der Waals surface area contributed by atoms with Crippen LogP contribution in [0.1, 0.15) is 252 Å². The lowest BCUT2D eigenvalue weighted by Crippen LogP contribution is -2.30. The van der Waals surface area contributed by atoms with Gasteiger partial charge in [0.2, 0.25) is 0 Å². The molecule has 0 aromatic carbocycles. The van der Waals surface area contributed by atoms with Gasteiger partial charge >= 0.3 is 17.9 Å². The molecule has 0 aliphatic heterocycles. The fourth-order valence-electron chi connectivity index (χ4n) is 7.32. The van der Waals surface area contributed by atoms with Gasteiger partial charge in [-0.05, 0) is 96.3 Å². The van der Waals surface area contributed by atoms with E-state index < -0.39 is 6.10 Å². The van der Waals surface area contributed by atoms with Crippen molar-refractivity contribution in [3.63, 3.8) is 0 Å². The lowest BCUT2D eigenvalue weighted by Gasteiger charge is -2.18. The molecule has 0 amide bonds. The lowest BCUT2D eigenvalue weighted by molar-refractivity contribution is -0.167. The predicted molar refractivity (Wildman–Crippen MR) is 279 cm³/mol. The fourth-order valence-corrected chi connectivity index (χ4v) is 7.32. The highest BCUT2D eigenvalue weighted by Gasteiger charge is 2.19. The number of esters is 3. The Labute approximate surface area is 401 Å². The van der Waals surface area contributed by atoms with Crippen LogP contribution >= 0.6 is 0 Å². The molecule has 0 saturated carbocycles. The Bertz CT molecular complexity index is 1270. The van der Waals surface area contributed by atoms with Gasteiger partial charge in [-0.25, -0.2) is 0 Å². The summed E-state index contributed by atoms with van der Waals surface area (Å²) in [5.74, 6) is -0.913. The van der Waals surface area contributed by atoms with E-state index >= 15 is 0 Å². The average Bonchev–Trinajstić information content (AvgIpc) is 3.30. The number of unbranched alkanes of at least 4 members (excludes halogenated alkanes) is 23. The SMILES string of the molecule is CC/C=C\C/C=C\C/C=C\C/C=C\C/C=C\CCCCCCCCCCCCCC(=O)OCC(COC(=O)CCCCCCC)OC(=O)CCCCCCC/C=C\C/C=C\CCCCC. The molecular formula is C59H100O6. The summed E-state index contributed by atoms with van der Waals surface area (Å²) in [6, 6.07) is 0. The summed E-state index contributed by atoms with van der Waals surface area (Å²) < 4.78 is 16.7. The van der Waals surface area contributed by atoms with E-state index in [0.717, 1.165) is 122 Å². The van der Waals surface area contributed by atoms with E-state index in [0.29, 0.717) is 19.3 Å². The van der Waals surface area contributed by atoms with Gasteiger partial charge in [-0.2, -0.15) is 0 Å². The number of carbonyl (C=O) groups excluding carboxylic acids is 3. The number of allylic oxidation sites excluding steroid dienone is 14. The molecule has 0 aliphatic carbocycles. The second kappa shape index (κ2) is 53.2. The van der Waals surface area contributed by atoms with Crippen molar-refractivity contribution in [1.29, 1.82) is 0 Å². The summed E-state index contributed by atoms with van der Waals surface area (Å²) >= 11 is 0. The number of ether oxygens (including phenoxy) is 3. The molecule has 0 fully saturated rings. The minimum atomic E-state index is -0.780. The normalized spacial score (nSPS) is 12.7. The van der Waals surface area contributed by atoms with Crippen molar-refractivity contribution in [3.8, 4) is 0 Å². The van der Waals surface area contributed by atoms with Crippen molar-refractivity contribution < 1.29 is 28.6 Å². The van der Waals surface area contributed by atoms with Crippen molar-refractivity contribution in [2.24, 2.45) is 0 Å². The van der Waals surface area contributed by atoms with Crippen LogP contribution in [0, 0.1) is 0 Å². The molecule has 6 nitrogen and oxygen atoms in total. The van der Waals surface area contributed by atoms with Crippen LogP contribution in [-0.2, 0) is 28.6 Å². The summed E-state index contributed by atoms with van der Waals surface area (Å²) in [6.45, 7) is 6.40. The molecule has 0 aliphatic rings. The first-order chi connectivity index (χ1) is 32.0. The van der Waals surface area contributed by atoms with Gasteiger partial charge in [0.05, 0.1) is 0 Å². The third-order valence-electron chi connectivity index (χ3n) is 11.4. The first-order valence-corrected chi connectivity index (χ1v) is 27.1. The summed E-state index contributed by atoms with van der Waals surface area (Å²) in [7, 11) is 0. The lowest BCUT2D eigenvalue weighted by atomic mass is 10.0. The van der Waals surface area contributed by atoms with Gasteiger partial charge in [0.1, 0.15) is 13.2 Å². The highest BCUT2D eigenvalue weighted by molar-refractivity contribution is 5.71. The highest BCUT2D eigenvalue weighted by Crippen LogP contribution is 2.15. The molecule has 0 spiro atoms. The van der Waals surface area contributed by atoms with E-state index in [1.54, 1.807) is 0 Å². The Hall–Kier alpha value is -3.41. The number of carbonyl (C=O) groups is 3. The van der Waals surface area contributed by atoms with Crippen LogP contribution in [0.15, 0.2) is 85.1 Å². The van der Waals surface area contributed by atoms with Crippen LogP contribution in [0.4, 0.5) is 0 Å². The number of hydrogen-bond acceptors (Lipinski definition) is 6. The summed E-state index contributed by atoms with van der Waals surface area (Å²) in [5.41, 5.74) is 0. The Kier molecular flexibility index (Phi) is 50.4. The molecule has 1 atom stereocenters. The Balaban J connectivity index is 4.10. The third-order valence-corrected chi connectivity index (χ3v) is 11.4. The van der Waals surface area contributed by atoms with Gasteiger partial charge < -0.3 is 14.2 Å². The minimum Gasteiger partial charge on any atom is -0.462 e. The second-order valence-electron chi connectivity index (χ2n) is 17.8. The van der Waals surface area contributed by atoms with E-state index in [-0.39, 0.29) is 31.1 Å². The second-order valence-corrected chi connectivity index (χ2v) is 17.8. The van der Waals surface area contributed by atoms with Crippen LogP contribution in [0.25, 0.3) is 0 Å². The molecule has 0 aromatic heterocycles. The minimum absolute atomic E-state index is 0.0833. The van der Waals surface area contributed by atoms with E-state index in [4.69, 9.17) is 14.2 Å². The van der Waals surface area contributed by atoms with Gasteiger partial charge in [-0.15, -0.1) is 0 Å². The van der Waals surface area contributed by atoms with Crippen LogP contribution < -0.4 is 0 Å². The first kappa shape index (κ1) is 61.6. The van der Waals surface area contributed by atoms with Gasteiger partial charge in [0.25, 0.3) is 0 Å². The molecular weight excluding hydrogens is 805 g/mol. The van der Waals surface area contributed by atoms with Crippen molar-refractivity contribution in [1.82, 2.24) is 0 Å². The van der Waals surface area contributed by atoms with E-state index in [1.807, 2.05) is 0 Å². The molecule has 6 heteroatoms. The fraction of sp³-hybridized carbons (Fsp3) is 0.712. The van der Waals surface area contributed by atoms with Gasteiger partial charge in [-0.3, -0.25) is 14.4 Å². The summed E-state index contributed by atoms with van der Waals surface area (Å²) in [4.78, 5) is 37.7. The standard InChI is InChI=1S/C59H100O6/c1-4-7-10-13-15-17-19-21-23-24-25-26-27-28-29-30-31-32-33-34-36-37-39-41-43-46-49-52-58(61)64-55-56(54-63-57(60)51-48-45-12-9-6-3)65-59(62)53-50-47-44-42-40-38-35-22-20-18-16-14-11-8-5-2/h7,10,15-18,21-23,25-26,28-29,35,56H,4-6,8-9,11-14,19-20,24,27,30-34,36-55H2,1-3H3/b10-7-,17-15-,18-16-,23-21-,26-25-,29-28-,35-22-. The molecule has 1 unspecified atom stereocenters. The zero-order valence-corrected chi connectivity index (χ0v) is 42.5.